The summed E-state index contributed by atoms with van der Waals surface area (Å²) < 4.78 is 5.59. The minimum Gasteiger partial charge on any atom is -0.374 e. The lowest BCUT2D eigenvalue weighted by atomic mass is 10.3. The quantitative estimate of drug-likeness (QED) is 0.640. The van der Waals surface area contributed by atoms with Crippen molar-refractivity contribution in [3.05, 3.63) is 0 Å². The number of hydrogen-bond donors (Lipinski definition) is 2. The SMILES string of the molecule is CCNC(=S)NCC1CN(C)CCO1. The Morgan fingerprint density at radius 2 is 2.36 bits per heavy atom. The van der Waals surface area contributed by atoms with E-state index in [9.17, 15) is 0 Å². The van der Waals surface area contributed by atoms with Crippen molar-refractivity contribution < 1.29 is 4.74 Å². The highest BCUT2D eigenvalue weighted by Gasteiger charge is 2.17. The molecule has 0 radical (unpaired) electrons. The number of nitrogens with one attached hydrogen (secondary N) is 2. The predicted octanol–water partition coefficient (Wildman–Crippen LogP) is -0.199. The summed E-state index contributed by atoms with van der Waals surface area (Å²) in [4.78, 5) is 2.27. The topological polar surface area (TPSA) is 36.5 Å². The van der Waals surface area contributed by atoms with E-state index in [2.05, 4.69) is 22.6 Å². The van der Waals surface area contributed by atoms with Crippen LogP contribution in [0.5, 0.6) is 0 Å². The van der Waals surface area contributed by atoms with Crippen LogP contribution < -0.4 is 10.6 Å². The van der Waals surface area contributed by atoms with Crippen LogP contribution in [0.2, 0.25) is 0 Å². The van der Waals surface area contributed by atoms with E-state index in [0.717, 1.165) is 32.8 Å². The van der Waals surface area contributed by atoms with Gasteiger partial charge < -0.3 is 20.3 Å². The Bertz CT molecular complexity index is 189. The smallest absolute Gasteiger partial charge is 0.166 e. The number of morpholine rings is 1. The molecular formula is C9H19N3OS. The van der Waals surface area contributed by atoms with Gasteiger partial charge in [-0.25, -0.2) is 0 Å². The summed E-state index contributed by atoms with van der Waals surface area (Å²) in [5.41, 5.74) is 0. The molecule has 1 atom stereocenters. The fourth-order valence-corrected chi connectivity index (χ4v) is 1.65. The summed E-state index contributed by atoms with van der Waals surface area (Å²) in [6.07, 6.45) is 0.255. The molecule has 1 heterocycles. The first kappa shape index (κ1) is 11.7. The molecule has 0 aromatic carbocycles. The molecule has 82 valence electrons. The van der Waals surface area contributed by atoms with Gasteiger partial charge in [-0.05, 0) is 26.2 Å². The van der Waals surface area contributed by atoms with Gasteiger partial charge in [0.15, 0.2) is 5.11 Å². The Labute approximate surface area is 91.0 Å². The van der Waals surface area contributed by atoms with Crippen molar-refractivity contribution >= 4 is 17.3 Å². The van der Waals surface area contributed by atoms with Crippen LogP contribution in [0.4, 0.5) is 0 Å². The molecule has 1 aliphatic rings. The van der Waals surface area contributed by atoms with Gasteiger partial charge in [0.05, 0.1) is 12.7 Å². The number of ether oxygens (including phenoxy) is 1. The third-order valence-corrected chi connectivity index (χ3v) is 2.46. The first-order chi connectivity index (χ1) is 6.72. The number of thiocarbonyl (C=S) groups is 1. The highest BCUT2D eigenvalue weighted by atomic mass is 32.1. The Morgan fingerprint density at radius 3 is 3.00 bits per heavy atom. The molecule has 0 aromatic rings. The summed E-state index contributed by atoms with van der Waals surface area (Å²) in [5.74, 6) is 0. The molecule has 4 nitrogen and oxygen atoms in total. The highest BCUT2D eigenvalue weighted by molar-refractivity contribution is 7.80. The van der Waals surface area contributed by atoms with Crippen LogP contribution in [0.3, 0.4) is 0 Å². The lowest BCUT2D eigenvalue weighted by Crippen LogP contribution is -2.47. The molecule has 2 N–H and O–H groups in total. The molecule has 0 aromatic heterocycles. The summed E-state index contributed by atoms with van der Waals surface area (Å²) in [5, 5.41) is 6.90. The van der Waals surface area contributed by atoms with E-state index in [4.69, 9.17) is 17.0 Å². The molecular weight excluding hydrogens is 198 g/mol. The van der Waals surface area contributed by atoms with Crippen LogP contribution in [0.25, 0.3) is 0 Å². The summed E-state index contributed by atoms with van der Waals surface area (Å²) in [7, 11) is 2.11. The minimum atomic E-state index is 0.255. The van der Waals surface area contributed by atoms with Crippen LogP contribution in [-0.2, 0) is 4.74 Å². The fraction of sp³-hybridized carbons (Fsp3) is 0.889. The van der Waals surface area contributed by atoms with Gasteiger partial charge in [-0.3, -0.25) is 0 Å². The maximum absolute atomic E-state index is 5.59. The Morgan fingerprint density at radius 1 is 1.57 bits per heavy atom. The average molecular weight is 217 g/mol. The second-order valence-corrected chi connectivity index (χ2v) is 3.90. The molecule has 0 aliphatic carbocycles. The molecule has 1 unspecified atom stereocenters. The van der Waals surface area contributed by atoms with Crippen molar-refractivity contribution in [2.45, 2.75) is 13.0 Å². The fourth-order valence-electron chi connectivity index (χ4n) is 1.42. The van der Waals surface area contributed by atoms with E-state index >= 15 is 0 Å². The maximum atomic E-state index is 5.59. The number of rotatable bonds is 3. The largest absolute Gasteiger partial charge is 0.374 e. The van der Waals surface area contributed by atoms with Crippen molar-refractivity contribution in [3.63, 3.8) is 0 Å². The molecule has 1 aliphatic heterocycles. The number of hydrogen-bond acceptors (Lipinski definition) is 3. The molecule has 0 bridgehead atoms. The van der Waals surface area contributed by atoms with Gasteiger partial charge in [-0.2, -0.15) is 0 Å². The van der Waals surface area contributed by atoms with Crippen molar-refractivity contribution in [2.75, 3.05) is 39.8 Å². The molecule has 1 fully saturated rings. The summed E-state index contributed by atoms with van der Waals surface area (Å²) in [6.45, 7) is 6.49. The van der Waals surface area contributed by atoms with Crippen LogP contribution in [0.1, 0.15) is 6.92 Å². The summed E-state index contributed by atoms with van der Waals surface area (Å²) in [6, 6.07) is 0. The van der Waals surface area contributed by atoms with Crippen molar-refractivity contribution in [2.24, 2.45) is 0 Å². The van der Waals surface area contributed by atoms with Crippen LogP contribution in [0, 0.1) is 0 Å². The van der Waals surface area contributed by atoms with Gasteiger partial charge in [0.25, 0.3) is 0 Å². The van der Waals surface area contributed by atoms with E-state index in [0.29, 0.717) is 5.11 Å². The van der Waals surface area contributed by atoms with Crippen LogP contribution in [0.15, 0.2) is 0 Å². The number of nitrogens with zero attached hydrogens (tertiary/aromatic N) is 1. The van der Waals surface area contributed by atoms with E-state index in [-0.39, 0.29) is 6.10 Å². The van der Waals surface area contributed by atoms with Crippen molar-refractivity contribution in [1.29, 1.82) is 0 Å². The zero-order chi connectivity index (χ0) is 10.4. The van der Waals surface area contributed by atoms with Gasteiger partial charge >= 0.3 is 0 Å². The predicted molar refractivity (Wildman–Crippen MR) is 61.5 cm³/mol. The molecule has 1 rings (SSSR count). The van der Waals surface area contributed by atoms with Gasteiger partial charge in [-0.1, -0.05) is 0 Å². The normalized spacial score (nSPS) is 23.1. The first-order valence-corrected chi connectivity index (χ1v) is 5.45. The van der Waals surface area contributed by atoms with E-state index in [1.807, 2.05) is 6.92 Å². The second kappa shape index (κ2) is 6.16. The molecule has 1 saturated heterocycles. The molecule has 5 heteroatoms. The number of likely N-dealkylation sites (N-methyl/N-ethyl adjacent to an activating group) is 1. The van der Waals surface area contributed by atoms with E-state index in [1.54, 1.807) is 0 Å². The third-order valence-electron chi connectivity index (χ3n) is 2.17. The van der Waals surface area contributed by atoms with Gasteiger partial charge in [-0.15, -0.1) is 0 Å². The molecule has 0 spiro atoms. The third kappa shape index (κ3) is 4.21. The lowest BCUT2D eigenvalue weighted by molar-refractivity contribution is -0.0160. The molecule has 0 amide bonds. The first-order valence-electron chi connectivity index (χ1n) is 5.04. The highest BCUT2D eigenvalue weighted by Crippen LogP contribution is 2.01. The van der Waals surface area contributed by atoms with Gasteiger partial charge in [0.2, 0.25) is 0 Å². The van der Waals surface area contributed by atoms with Gasteiger partial charge in [0.1, 0.15) is 0 Å². The van der Waals surface area contributed by atoms with E-state index < -0.39 is 0 Å². The monoisotopic (exact) mass is 217 g/mol. The Hall–Kier alpha value is -0.390. The average Bonchev–Trinajstić information content (AvgIpc) is 2.15. The zero-order valence-electron chi connectivity index (χ0n) is 8.88. The Balaban J connectivity index is 2.14. The van der Waals surface area contributed by atoms with Crippen molar-refractivity contribution in [3.8, 4) is 0 Å². The van der Waals surface area contributed by atoms with Crippen LogP contribution >= 0.6 is 12.2 Å². The second-order valence-electron chi connectivity index (χ2n) is 3.50. The van der Waals surface area contributed by atoms with Crippen molar-refractivity contribution in [1.82, 2.24) is 15.5 Å². The molecule has 0 saturated carbocycles. The maximum Gasteiger partial charge on any atom is 0.166 e. The molecule has 14 heavy (non-hydrogen) atoms. The van der Waals surface area contributed by atoms with Crippen LogP contribution in [-0.4, -0.2) is 55.9 Å². The standard InChI is InChI=1S/C9H19N3OS/c1-3-10-9(14)11-6-8-7-12(2)4-5-13-8/h8H,3-7H2,1-2H3,(H2,10,11,14). The van der Waals surface area contributed by atoms with Gasteiger partial charge in [0, 0.05) is 26.2 Å². The Kier molecular flexibility index (Phi) is 5.14. The zero-order valence-corrected chi connectivity index (χ0v) is 9.69. The lowest BCUT2D eigenvalue weighted by Gasteiger charge is -2.30. The minimum absolute atomic E-state index is 0.255. The summed E-state index contributed by atoms with van der Waals surface area (Å²) >= 11 is 5.06. The van der Waals surface area contributed by atoms with E-state index in [1.165, 1.54) is 0 Å².